The summed E-state index contributed by atoms with van der Waals surface area (Å²) in [6.45, 7) is 1.74. The number of nitrogens with two attached hydrogens (primary N) is 1. The first-order chi connectivity index (χ1) is 13.4. The van der Waals surface area contributed by atoms with E-state index in [0.29, 0.717) is 19.6 Å². The van der Waals surface area contributed by atoms with Crippen LogP contribution in [-0.4, -0.2) is 59.4 Å². The van der Waals surface area contributed by atoms with Crippen molar-refractivity contribution in [2.45, 2.75) is 23.5 Å². The van der Waals surface area contributed by atoms with Crippen LogP contribution in [0.5, 0.6) is 0 Å². The fourth-order valence-corrected chi connectivity index (χ4v) is 4.34. The molecule has 1 saturated carbocycles. The Bertz CT molecular complexity index is 1180. The minimum absolute atomic E-state index is 0.0150. The molecular weight excluding hydrogens is 384 g/mol. The molecule has 5 rings (SSSR count). The molecule has 1 saturated heterocycles. The molecule has 0 radical (unpaired) electrons. The fraction of sp³-hybridized carbons (Fsp3) is 0.353. The molecule has 28 heavy (non-hydrogen) atoms. The third-order valence-corrected chi connectivity index (χ3v) is 6.21. The first-order valence-corrected chi connectivity index (χ1v) is 10.4. The van der Waals surface area contributed by atoms with Crippen LogP contribution < -0.4 is 10.0 Å². The quantitative estimate of drug-likeness (QED) is 0.657. The van der Waals surface area contributed by atoms with Gasteiger partial charge in [0.05, 0.1) is 10.9 Å². The van der Waals surface area contributed by atoms with Gasteiger partial charge in [-0.25, -0.2) is 23.5 Å². The van der Waals surface area contributed by atoms with Crippen LogP contribution in [0.4, 0.5) is 5.82 Å². The summed E-state index contributed by atoms with van der Waals surface area (Å²) in [4.78, 5) is 28.7. The van der Waals surface area contributed by atoms with Crippen molar-refractivity contribution in [2.24, 2.45) is 5.14 Å². The van der Waals surface area contributed by atoms with E-state index in [0.717, 1.165) is 29.7 Å². The van der Waals surface area contributed by atoms with Gasteiger partial charge in [-0.3, -0.25) is 4.79 Å². The molecule has 1 aliphatic heterocycles. The van der Waals surface area contributed by atoms with Crippen molar-refractivity contribution in [3.8, 4) is 0 Å². The number of fused-ring (bicyclic) bond motifs is 1. The summed E-state index contributed by atoms with van der Waals surface area (Å²) in [5.41, 5.74) is 0.483. The maximum atomic E-state index is 13.0. The van der Waals surface area contributed by atoms with Gasteiger partial charge >= 0.3 is 0 Å². The number of H-pyrrole nitrogens is 1. The number of piperazine rings is 1. The Morgan fingerprint density at radius 3 is 2.75 bits per heavy atom. The number of rotatable bonds is 3. The molecule has 4 heterocycles. The van der Waals surface area contributed by atoms with Crippen molar-refractivity contribution in [1.29, 1.82) is 0 Å². The number of carbonyl (C=O) groups is 1. The highest BCUT2D eigenvalue weighted by atomic mass is 32.2. The first-order valence-electron chi connectivity index (χ1n) is 8.85. The molecule has 11 heteroatoms. The van der Waals surface area contributed by atoms with E-state index < -0.39 is 15.1 Å². The number of nitrogens with zero attached hydrogens (tertiary/aromatic N) is 4. The van der Waals surface area contributed by atoms with Gasteiger partial charge in [-0.15, -0.1) is 0 Å². The maximum absolute atomic E-state index is 13.0. The average molecular weight is 402 g/mol. The Balaban J connectivity index is 1.41. The number of sulfonamides is 1. The van der Waals surface area contributed by atoms with E-state index in [2.05, 4.69) is 19.9 Å². The van der Waals surface area contributed by atoms with E-state index >= 15 is 0 Å². The number of aromatic amines is 1. The maximum Gasteiger partial charge on any atom is 0.290 e. The summed E-state index contributed by atoms with van der Waals surface area (Å²) >= 11 is 0. The highest BCUT2D eigenvalue weighted by Gasteiger charge is 2.54. The minimum Gasteiger partial charge on any atom is -0.438 e. The van der Waals surface area contributed by atoms with Crippen molar-refractivity contribution in [3.63, 3.8) is 0 Å². The lowest BCUT2D eigenvalue weighted by molar-refractivity contribution is 0.0585. The summed E-state index contributed by atoms with van der Waals surface area (Å²) in [5.74, 6) is 0.513. The van der Waals surface area contributed by atoms with E-state index in [4.69, 9.17) is 9.56 Å². The zero-order chi connectivity index (χ0) is 19.5. The lowest BCUT2D eigenvalue weighted by atomic mass is 10.1. The van der Waals surface area contributed by atoms with Crippen molar-refractivity contribution < 1.29 is 17.6 Å². The van der Waals surface area contributed by atoms with E-state index in [9.17, 15) is 13.2 Å². The third-order valence-electron chi connectivity index (χ3n) is 5.43. The standard InChI is InChI=1S/C17H18N6O4S/c18-28(25,26)13-2-1-12(27-13)16(24)23-8-7-22(9-17(23)4-5-17)15-11-3-6-19-14(11)20-10-21-15/h1-3,6,10H,4-5,7-9H2,(H2,18,25,26)(H,19,20,21). The Morgan fingerprint density at radius 2 is 2.04 bits per heavy atom. The predicted molar refractivity (Wildman–Crippen MR) is 99.2 cm³/mol. The molecule has 10 nitrogen and oxygen atoms in total. The van der Waals surface area contributed by atoms with E-state index in [-0.39, 0.29) is 17.2 Å². The fourth-order valence-electron chi connectivity index (χ4n) is 3.88. The number of aromatic nitrogens is 3. The van der Waals surface area contributed by atoms with Gasteiger partial charge in [-0.2, -0.15) is 0 Å². The zero-order valence-corrected chi connectivity index (χ0v) is 15.6. The van der Waals surface area contributed by atoms with Gasteiger partial charge in [0.25, 0.3) is 15.9 Å². The van der Waals surface area contributed by atoms with Gasteiger partial charge in [-0.1, -0.05) is 0 Å². The molecule has 1 amide bonds. The summed E-state index contributed by atoms with van der Waals surface area (Å²) in [6, 6.07) is 4.51. The molecule has 2 fully saturated rings. The topological polar surface area (TPSA) is 138 Å². The molecule has 0 aromatic carbocycles. The van der Waals surface area contributed by atoms with Gasteiger partial charge < -0.3 is 19.2 Å². The van der Waals surface area contributed by atoms with Gasteiger partial charge in [-0.05, 0) is 31.0 Å². The van der Waals surface area contributed by atoms with Crippen LogP contribution in [0.15, 0.2) is 40.2 Å². The van der Waals surface area contributed by atoms with Gasteiger partial charge in [0.2, 0.25) is 5.09 Å². The van der Waals surface area contributed by atoms with E-state index in [1.165, 1.54) is 18.5 Å². The Kier molecular flexibility index (Phi) is 3.55. The van der Waals surface area contributed by atoms with Crippen LogP contribution in [0.3, 0.4) is 0 Å². The zero-order valence-electron chi connectivity index (χ0n) is 14.8. The number of carbonyl (C=O) groups excluding carboxylic acids is 1. The van der Waals surface area contributed by atoms with Crippen LogP contribution in [-0.2, 0) is 10.0 Å². The predicted octanol–water partition coefficient (Wildman–Crippen LogP) is 0.693. The lowest BCUT2D eigenvalue weighted by Crippen LogP contribution is -2.57. The number of nitrogens with one attached hydrogen (secondary N) is 1. The van der Waals surface area contributed by atoms with E-state index in [1.54, 1.807) is 4.90 Å². The SMILES string of the molecule is NS(=O)(=O)c1ccc(C(=O)N2CCN(c3ncnc4[nH]ccc34)CC23CC3)o1. The highest BCUT2D eigenvalue weighted by molar-refractivity contribution is 7.89. The molecule has 3 aromatic rings. The number of furan rings is 1. The monoisotopic (exact) mass is 402 g/mol. The second-order valence-corrected chi connectivity index (χ2v) is 8.70. The summed E-state index contributed by atoms with van der Waals surface area (Å²) < 4.78 is 28.0. The minimum atomic E-state index is -3.98. The van der Waals surface area contributed by atoms with Gasteiger partial charge in [0.15, 0.2) is 5.76 Å². The molecule has 1 spiro atoms. The lowest BCUT2D eigenvalue weighted by Gasteiger charge is -2.42. The average Bonchev–Trinajstić information content (AvgIpc) is 3.11. The number of amides is 1. The first kappa shape index (κ1) is 17.2. The van der Waals surface area contributed by atoms with E-state index in [1.807, 2.05) is 12.3 Å². The summed E-state index contributed by atoms with van der Waals surface area (Å²) in [6.07, 6.45) is 5.11. The molecular formula is C17H18N6O4S. The number of anilines is 1. The van der Waals surface area contributed by atoms with Gasteiger partial charge in [0.1, 0.15) is 17.8 Å². The Labute approximate surface area is 160 Å². The van der Waals surface area contributed by atoms with Crippen LogP contribution in [0.2, 0.25) is 0 Å². The molecule has 0 unspecified atom stereocenters. The van der Waals surface area contributed by atoms with Crippen molar-refractivity contribution in [2.75, 3.05) is 24.5 Å². The Morgan fingerprint density at radius 1 is 1.21 bits per heavy atom. The third kappa shape index (κ3) is 2.66. The van der Waals surface area contributed by atoms with Crippen LogP contribution in [0.25, 0.3) is 11.0 Å². The summed E-state index contributed by atoms with van der Waals surface area (Å²) in [7, 11) is -3.98. The molecule has 0 atom stereocenters. The molecule has 1 aliphatic carbocycles. The summed E-state index contributed by atoms with van der Waals surface area (Å²) in [5, 5.41) is 5.60. The van der Waals surface area contributed by atoms with Crippen molar-refractivity contribution in [1.82, 2.24) is 19.9 Å². The molecule has 146 valence electrons. The van der Waals surface area contributed by atoms with Gasteiger partial charge in [0, 0.05) is 25.8 Å². The molecule has 0 bridgehead atoms. The number of hydrogen-bond acceptors (Lipinski definition) is 7. The highest BCUT2D eigenvalue weighted by Crippen LogP contribution is 2.46. The second kappa shape index (κ2) is 5.79. The Hall–Kier alpha value is -2.92. The molecule has 2 aliphatic rings. The largest absolute Gasteiger partial charge is 0.438 e. The normalized spacial score (nSPS) is 18.8. The number of primary sulfonamides is 1. The van der Waals surface area contributed by atoms with Crippen molar-refractivity contribution in [3.05, 3.63) is 36.5 Å². The van der Waals surface area contributed by atoms with Crippen LogP contribution in [0, 0.1) is 0 Å². The molecule has 3 N–H and O–H groups in total. The smallest absolute Gasteiger partial charge is 0.290 e. The second-order valence-electron chi connectivity index (χ2n) is 7.20. The van der Waals surface area contributed by atoms with Crippen LogP contribution in [0.1, 0.15) is 23.4 Å². The number of hydrogen-bond donors (Lipinski definition) is 2. The molecule has 3 aromatic heterocycles. The van der Waals surface area contributed by atoms with Crippen molar-refractivity contribution >= 4 is 32.8 Å². The van der Waals surface area contributed by atoms with Crippen LogP contribution >= 0.6 is 0 Å².